The summed E-state index contributed by atoms with van der Waals surface area (Å²) in [6.45, 7) is 24.8. The summed E-state index contributed by atoms with van der Waals surface area (Å²) >= 11 is 0. The van der Waals surface area contributed by atoms with Crippen LogP contribution in [0.3, 0.4) is 0 Å². The minimum atomic E-state index is 0.244. The maximum atomic E-state index is 5.36. The van der Waals surface area contributed by atoms with Crippen LogP contribution in [0.1, 0.15) is 144 Å². The summed E-state index contributed by atoms with van der Waals surface area (Å²) in [5.41, 5.74) is 27.0. The maximum Gasteiger partial charge on any atom is 0.0613 e. The van der Waals surface area contributed by atoms with Gasteiger partial charge < -0.3 is 10.3 Å². The zero-order chi connectivity index (χ0) is 62.6. The molecule has 9 rings (SSSR count). The van der Waals surface area contributed by atoms with Crippen molar-refractivity contribution in [3.63, 3.8) is 0 Å². The number of allylic oxidation sites excluding steroid dienone is 31. The van der Waals surface area contributed by atoms with Gasteiger partial charge in [0, 0.05) is 33.6 Å². The van der Waals surface area contributed by atoms with E-state index in [1.54, 1.807) is 6.92 Å². The third-order valence-corrected chi connectivity index (χ3v) is 15.1. The van der Waals surface area contributed by atoms with Gasteiger partial charge in [-0.05, 0) is 197 Å². The number of para-hydroxylation sites is 1. The van der Waals surface area contributed by atoms with Gasteiger partial charge in [-0.1, -0.05) is 265 Å². The van der Waals surface area contributed by atoms with Crippen molar-refractivity contribution in [2.45, 2.75) is 133 Å². The molecule has 1 heterocycles. The molecule has 0 aliphatic heterocycles. The zero-order valence-corrected chi connectivity index (χ0v) is 54.2. The van der Waals surface area contributed by atoms with Crippen LogP contribution in [0.5, 0.6) is 0 Å². The summed E-state index contributed by atoms with van der Waals surface area (Å²) in [5, 5.41) is 2.57. The van der Waals surface area contributed by atoms with Crippen molar-refractivity contribution in [1.29, 1.82) is 0 Å². The number of fused-ring (bicyclic) bond motifs is 3. The smallest absolute Gasteiger partial charge is 0.0613 e. The molecule has 0 saturated heterocycles. The normalized spacial score (nSPS) is 15.6. The number of hydrogen-bond donors (Lipinski definition) is 1. The molecule has 1 unspecified atom stereocenters. The fourth-order valence-electron chi connectivity index (χ4n) is 11.0. The predicted octanol–water partition coefficient (Wildman–Crippen LogP) is 24.6. The van der Waals surface area contributed by atoms with Crippen molar-refractivity contribution in [1.82, 2.24) is 4.57 Å². The van der Waals surface area contributed by atoms with Gasteiger partial charge in [0.25, 0.3) is 0 Å². The van der Waals surface area contributed by atoms with Crippen molar-refractivity contribution in [2.24, 2.45) is 5.92 Å². The van der Waals surface area contributed by atoms with Gasteiger partial charge in [-0.2, -0.15) is 0 Å². The predicted molar refractivity (Wildman–Crippen MR) is 390 cm³/mol. The average Bonchev–Trinajstić information content (AvgIpc) is 1.72. The first kappa shape index (κ1) is 68.9. The van der Waals surface area contributed by atoms with Crippen LogP contribution in [-0.2, 0) is 6.42 Å². The number of hydrogen-bond acceptors (Lipinski definition) is 1. The summed E-state index contributed by atoms with van der Waals surface area (Å²) in [5.74, 6) is 2.49. The number of benzene rings is 5. The molecule has 1 aromatic heterocycles. The lowest BCUT2D eigenvalue weighted by atomic mass is 9.83. The Morgan fingerprint density at radius 2 is 1.48 bits per heavy atom. The van der Waals surface area contributed by atoms with Gasteiger partial charge in [-0.25, -0.2) is 0 Å². The van der Waals surface area contributed by atoms with E-state index in [2.05, 4.69) is 271 Å². The van der Waals surface area contributed by atoms with Crippen LogP contribution in [0.4, 0.5) is 5.69 Å². The lowest BCUT2D eigenvalue weighted by molar-refractivity contribution is 0.756. The second-order valence-corrected chi connectivity index (χ2v) is 21.4. The van der Waals surface area contributed by atoms with E-state index < -0.39 is 0 Å². The molecule has 6 aromatic rings. The highest BCUT2D eigenvalue weighted by molar-refractivity contribution is 6.15. The SMILES string of the molecule is C#CC.C/C=C\C=C/CC.C=C/C=C\C(=C/C)C1=CC(C2=CCCC=C2)CC(n2c3cc(C(/C=C\C)=C/C/C(C)=C/C(=C\Cc4ccccc4)C(=C/C)/CCC)ccc3c3cc(-c4ccccc4)cc(C4=CC=CCC4)c32)=C1.CC.Nc1ccccc1. The molecule has 0 radical (unpaired) electrons. The Kier molecular flexibility index (Phi) is 30.8. The van der Waals surface area contributed by atoms with Gasteiger partial charge in [0.15, 0.2) is 0 Å². The van der Waals surface area contributed by atoms with Gasteiger partial charge in [-0.3, -0.25) is 0 Å². The van der Waals surface area contributed by atoms with Crippen LogP contribution in [0, 0.1) is 18.3 Å². The van der Waals surface area contributed by atoms with E-state index in [0.29, 0.717) is 0 Å². The quantitative estimate of drug-likeness (QED) is 0.0489. The summed E-state index contributed by atoms with van der Waals surface area (Å²) in [4.78, 5) is 0. The minimum absolute atomic E-state index is 0.244. The fraction of sp³-hybridized carbons (Fsp3) is 0.247. The Hall–Kier alpha value is -8.90. The largest absolute Gasteiger partial charge is 0.399 e. The third-order valence-electron chi connectivity index (χ3n) is 15.1. The molecule has 0 saturated carbocycles. The number of nitrogens with zero attached hydrogens (tertiary/aromatic N) is 1. The molecular weight excluding hydrogens is 1050 g/mol. The van der Waals surface area contributed by atoms with E-state index in [9.17, 15) is 0 Å². The second kappa shape index (κ2) is 38.9. The maximum absolute atomic E-state index is 5.36. The summed E-state index contributed by atoms with van der Waals surface area (Å²) in [7, 11) is 0. The highest BCUT2D eigenvalue weighted by atomic mass is 15.0. The standard InChI is InChI=1S/C67H69N.C7H12.C6H7N.C3H4.C2H6/c1-7-12-29-52(11-5)59-43-60(54-30-19-14-20-31-54)45-62(44-59)68-66-48-58(53(26-9-3)38-36-49(6)42-57(51(10-4)25-8-2)39-37-50-27-17-13-18-28-50)40-41-63(66)65-47-61(55-32-21-15-22-33-55)46-64(67(65)68)56-34-23-16-24-35-56;1-3-5-7-6-4-2;7-6-4-2-1-3-5-6;1-3-2;1-2/h7,9-13,15-19,21-23,26-34,38-44,46-48,60H,1,8,14,20,24-25,35-37,45H2,2-6H3;3,5-7H,4H2,1-2H3;1-5H,7H2;1H,2H3;1-2H3/b26-9-,29-12-,49-42+,51-10+,52-11+,53-38+,57-39+;5-3-,7-6-;;;. The molecule has 0 fully saturated rings. The summed E-state index contributed by atoms with van der Waals surface area (Å²) in [6.07, 6.45) is 64.6. The topological polar surface area (TPSA) is 30.9 Å². The van der Waals surface area contributed by atoms with Crippen LogP contribution < -0.4 is 5.73 Å². The average molecular weight is 1150 g/mol. The second-order valence-electron chi connectivity index (χ2n) is 21.4. The van der Waals surface area contributed by atoms with Crippen molar-refractivity contribution >= 4 is 44.3 Å². The molecule has 3 aliphatic carbocycles. The van der Waals surface area contributed by atoms with Gasteiger partial charge in [-0.15, -0.1) is 12.3 Å². The van der Waals surface area contributed by atoms with E-state index in [0.717, 1.165) is 69.9 Å². The summed E-state index contributed by atoms with van der Waals surface area (Å²) < 4.78 is 2.66. The number of rotatable bonds is 19. The number of aromatic nitrogens is 1. The molecule has 1 atom stereocenters. The monoisotopic (exact) mass is 1150 g/mol. The van der Waals surface area contributed by atoms with Crippen LogP contribution in [0.25, 0.3) is 49.8 Å². The molecule has 448 valence electrons. The van der Waals surface area contributed by atoms with Crippen LogP contribution in [0.15, 0.2) is 295 Å². The Balaban J connectivity index is 0.000000629. The third kappa shape index (κ3) is 20.9. The number of nitrogens with two attached hydrogens (primary N) is 1. The molecule has 3 aliphatic rings. The molecule has 0 spiro atoms. The Bertz CT molecular complexity index is 3680. The number of anilines is 1. The van der Waals surface area contributed by atoms with E-state index in [4.69, 9.17) is 5.73 Å². The van der Waals surface area contributed by atoms with E-state index in [-0.39, 0.29) is 5.92 Å². The van der Waals surface area contributed by atoms with Crippen molar-refractivity contribution < 1.29 is 0 Å². The highest BCUT2D eigenvalue weighted by Crippen LogP contribution is 2.45. The van der Waals surface area contributed by atoms with Gasteiger partial charge >= 0.3 is 0 Å². The minimum Gasteiger partial charge on any atom is -0.399 e. The Morgan fingerprint density at radius 3 is 2.08 bits per heavy atom. The van der Waals surface area contributed by atoms with Gasteiger partial charge in [0.1, 0.15) is 0 Å². The van der Waals surface area contributed by atoms with Crippen LogP contribution in [-0.4, -0.2) is 4.57 Å². The van der Waals surface area contributed by atoms with Gasteiger partial charge in [0.05, 0.1) is 11.0 Å². The lowest BCUT2D eigenvalue weighted by Gasteiger charge is -2.27. The molecule has 5 aromatic carbocycles. The van der Waals surface area contributed by atoms with Gasteiger partial charge in [0.2, 0.25) is 0 Å². The first-order valence-electron chi connectivity index (χ1n) is 31.8. The number of terminal acetylenes is 1. The highest BCUT2D eigenvalue weighted by Gasteiger charge is 2.26. The Labute approximate surface area is 526 Å². The zero-order valence-electron chi connectivity index (χ0n) is 54.2. The summed E-state index contributed by atoms with van der Waals surface area (Å²) in [6, 6.07) is 43.4. The molecule has 0 bridgehead atoms. The molecule has 0 amide bonds. The van der Waals surface area contributed by atoms with Crippen molar-refractivity contribution in [3.8, 4) is 23.5 Å². The first-order chi connectivity index (χ1) is 42.6. The lowest BCUT2D eigenvalue weighted by Crippen LogP contribution is -2.12. The van der Waals surface area contributed by atoms with Crippen molar-refractivity contribution in [3.05, 3.63) is 312 Å². The molecular formula is C85H98N2. The van der Waals surface area contributed by atoms with Crippen LogP contribution in [0.2, 0.25) is 0 Å². The van der Waals surface area contributed by atoms with Crippen LogP contribution >= 0.6 is 0 Å². The Morgan fingerprint density at radius 1 is 0.759 bits per heavy atom. The molecule has 2 N–H and O–H groups in total. The van der Waals surface area contributed by atoms with E-state index >= 15 is 0 Å². The van der Waals surface area contributed by atoms with E-state index in [1.807, 2.05) is 69.3 Å². The first-order valence-corrected chi connectivity index (χ1v) is 31.8. The molecule has 2 heteroatoms. The molecule has 87 heavy (non-hydrogen) atoms. The number of nitrogen functional groups attached to an aromatic ring is 1. The fourth-order valence-corrected chi connectivity index (χ4v) is 11.0. The van der Waals surface area contributed by atoms with Crippen molar-refractivity contribution in [2.75, 3.05) is 5.73 Å². The molecule has 2 nitrogen and oxygen atoms in total. The van der Waals surface area contributed by atoms with E-state index in [1.165, 1.54) is 99.9 Å².